The van der Waals surface area contributed by atoms with Crippen molar-refractivity contribution in [3.05, 3.63) is 64.2 Å². The summed E-state index contributed by atoms with van der Waals surface area (Å²) < 4.78 is 14.7. The SMILES string of the molecule is COc1cc(CC(=O)[C@H](O)C2CC(=O)[C@@](O)(CC(=O)c3ccccc3)C(=O)O2)oc(=O)c1. The molecule has 0 amide bonds. The smallest absolute Gasteiger partial charge is 0.346 e. The summed E-state index contributed by atoms with van der Waals surface area (Å²) in [7, 11) is 1.31. The lowest BCUT2D eigenvalue weighted by Gasteiger charge is -2.34. The first-order chi connectivity index (χ1) is 15.1. The summed E-state index contributed by atoms with van der Waals surface area (Å²) in [4.78, 5) is 61.1. The van der Waals surface area contributed by atoms with E-state index >= 15 is 0 Å². The molecule has 1 aromatic carbocycles. The summed E-state index contributed by atoms with van der Waals surface area (Å²) in [5.41, 5.74) is -3.29. The van der Waals surface area contributed by atoms with Gasteiger partial charge < -0.3 is 24.1 Å². The number of aliphatic hydroxyl groups is 2. The van der Waals surface area contributed by atoms with Crippen molar-refractivity contribution < 1.29 is 43.3 Å². The average molecular weight is 444 g/mol. The van der Waals surface area contributed by atoms with Gasteiger partial charge in [0.15, 0.2) is 17.3 Å². The van der Waals surface area contributed by atoms with Crippen molar-refractivity contribution in [2.24, 2.45) is 0 Å². The number of esters is 1. The lowest BCUT2D eigenvalue weighted by Crippen LogP contribution is -2.58. The zero-order chi connectivity index (χ0) is 23.5. The third-order valence-electron chi connectivity index (χ3n) is 5.02. The van der Waals surface area contributed by atoms with E-state index in [4.69, 9.17) is 13.9 Å². The van der Waals surface area contributed by atoms with Crippen molar-refractivity contribution in [3.8, 4) is 5.75 Å². The summed E-state index contributed by atoms with van der Waals surface area (Å²) in [6.45, 7) is 0. The molecule has 1 aliphatic heterocycles. The van der Waals surface area contributed by atoms with E-state index in [1.165, 1.54) is 25.3 Å². The van der Waals surface area contributed by atoms with Gasteiger partial charge in [0.1, 0.15) is 23.7 Å². The molecule has 2 N–H and O–H groups in total. The molecule has 2 aromatic rings. The van der Waals surface area contributed by atoms with Crippen LogP contribution in [0, 0.1) is 0 Å². The van der Waals surface area contributed by atoms with Crippen LogP contribution >= 0.6 is 0 Å². The second kappa shape index (κ2) is 9.25. The van der Waals surface area contributed by atoms with Crippen molar-refractivity contribution >= 4 is 23.3 Å². The van der Waals surface area contributed by atoms with E-state index in [1.54, 1.807) is 18.2 Å². The fraction of sp³-hybridized carbons (Fsp3) is 0.318. The first-order valence-electron chi connectivity index (χ1n) is 9.58. The maximum atomic E-state index is 12.5. The number of benzene rings is 1. The Balaban J connectivity index is 1.69. The van der Waals surface area contributed by atoms with Crippen LogP contribution in [0.15, 0.2) is 51.7 Å². The lowest BCUT2D eigenvalue weighted by molar-refractivity contribution is -0.191. The molecule has 1 fully saturated rings. The van der Waals surface area contributed by atoms with Crippen LogP contribution in [0.25, 0.3) is 0 Å². The predicted molar refractivity (Wildman–Crippen MR) is 106 cm³/mol. The van der Waals surface area contributed by atoms with Gasteiger partial charge in [-0.15, -0.1) is 0 Å². The van der Waals surface area contributed by atoms with Crippen molar-refractivity contribution in [1.29, 1.82) is 0 Å². The van der Waals surface area contributed by atoms with E-state index in [-0.39, 0.29) is 17.1 Å². The lowest BCUT2D eigenvalue weighted by atomic mass is 9.84. The Labute approximate surface area is 181 Å². The molecule has 1 saturated heterocycles. The van der Waals surface area contributed by atoms with Crippen molar-refractivity contribution in [1.82, 2.24) is 0 Å². The molecule has 10 nitrogen and oxygen atoms in total. The highest BCUT2D eigenvalue weighted by Crippen LogP contribution is 2.28. The first kappa shape index (κ1) is 23.0. The van der Waals surface area contributed by atoms with E-state index < -0.39 is 66.0 Å². The molecule has 0 saturated carbocycles. The normalized spacial score (nSPS) is 21.5. The number of carbonyl (C=O) groups is 4. The second-order valence-electron chi connectivity index (χ2n) is 7.27. The maximum Gasteiger partial charge on any atom is 0.346 e. The Morgan fingerprint density at radius 2 is 1.88 bits per heavy atom. The third-order valence-corrected chi connectivity index (χ3v) is 5.02. The number of cyclic esters (lactones) is 1. The molecule has 1 aromatic heterocycles. The minimum absolute atomic E-state index is 0.100. The highest BCUT2D eigenvalue weighted by Gasteiger charge is 2.53. The van der Waals surface area contributed by atoms with Gasteiger partial charge in [-0.2, -0.15) is 0 Å². The molecule has 0 bridgehead atoms. The minimum Gasteiger partial charge on any atom is -0.496 e. The number of carbonyl (C=O) groups excluding carboxylic acids is 4. The van der Waals surface area contributed by atoms with E-state index in [9.17, 15) is 34.2 Å². The summed E-state index contributed by atoms with van der Waals surface area (Å²) in [6.07, 6.45) is -5.53. The van der Waals surface area contributed by atoms with Crippen LogP contribution in [-0.4, -0.2) is 58.5 Å². The molecule has 10 heteroatoms. The first-order valence-corrected chi connectivity index (χ1v) is 9.58. The van der Waals surface area contributed by atoms with Gasteiger partial charge in [-0.05, 0) is 0 Å². The van der Waals surface area contributed by atoms with E-state index in [1.807, 2.05) is 0 Å². The monoisotopic (exact) mass is 444 g/mol. The maximum absolute atomic E-state index is 12.5. The quantitative estimate of drug-likeness (QED) is 0.323. The Morgan fingerprint density at radius 1 is 1.19 bits per heavy atom. The molecule has 0 radical (unpaired) electrons. The number of rotatable bonds is 8. The Bertz CT molecular complexity index is 1080. The largest absolute Gasteiger partial charge is 0.496 e. The molecule has 1 unspecified atom stereocenters. The van der Waals surface area contributed by atoms with Crippen LogP contribution < -0.4 is 10.4 Å². The van der Waals surface area contributed by atoms with Crippen molar-refractivity contribution in [2.75, 3.05) is 7.11 Å². The highest BCUT2D eigenvalue weighted by molar-refractivity contribution is 6.14. The second-order valence-corrected chi connectivity index (χ2v) is 7.27. The number of hydrogen-bond acceptors (Lipinski definition) is 10. The topological polar surface area (TPSA) is 157 Å². The fourth-order valence-corrected chi connectivity index (χ4v) is 3.24. The molecular weight excluding hydrogens is 424 g/mol. The van der Waals surface area contributed by atoms with Gasteiger partial charge in [0.2, 0.25) is 5.60 Å². The van der Waals surface area contributed by atoms with Crippen LogP contribution in [0.2, 0.25) is 0 Å². The molecule has 1 aliphatic rings. The fourth-order valence-electron chi connectivity index (χ4n) is 3.24. The third kappa shape index (κ3) is 4.82. The van der Waals surface area contributed by atoms with Gasteiger partial charge in [0.05, 0.1) is 32.4 Å². The van der Waals surface area contributed by atoms with Crippen LogP contribution in [0.5, 0.6) is 5.75 Å². The highest BCUT2D eigenvalue weighted by atomic mass is 16.6. The molecule has 3 atom stereocenters. The van der Waals surface area contributed by atoms with Crippen LogP contribution in [0.1, 0.15) is 29.0 Å². The van der Waals surface area contributed by atoms with E-state index in [2.05, 4.69) is 0 Å². The summed E-state index contributed by atoms with van der Waals surface area (Å²) in [6, 6.07) is 10.1. The number of ketones is 3. The van der Waals surface area contributed by atoms with Crippen LogP contribution in [0.4, 0.5) is 0 Å². The minimum atomic E-state index is -2.72. The average Bonchev–Trinajstić information content (AvgIpc) is 2.77. The summed E-state index contributed by atoms with van der Waals surface area (Å²) in [5.74, 6) is -3.98. The Hall–Kier alpha value is -3.63. The molecule has 2 heterocycles. The Morgan fingerprint density at radius 3 is 2.50 bits per heavy atom. The number of Topliss-reactive ketones (excluding diaryl/α,β-unsaturated/α-hetero) is 3. The molecule has 168 valence electrons. The summed E-state index contributed by atoms with van der Waals surface area (Å²) >= 11 is 0. The molecular formula is C22H20O10. The van der Waals surface area contributed by atoms with Gasteiger partial charge in [-0.3, -0.25) is 14.4 Å². The molecule has 0 spiro atoms. The van der Waals surface area contributed by atoms with Gasteiger partial charge >= 0.3 is 11.6 Å². The van der Waals surface area contributed by atoms with Crippen molar-refractivity contribution in [2.45, 2.75) is 37.1 Å². The molecule has 3 rings (SSSR count). The Kier molecular flexibility index (Phi) is 6.66. The number of hydrogen-bond donors (Lipinski definition) is 2. The summed E-state index contributed by atoms with van der Waals surface area (Å²) in [5, 5.41) is 20.8. The zero-order valence-electron chi connectivity index (χ0n) is 17.0. The zero-order valence-corrected chi connectivity index (χ0v) is 17.0. The van der Waals surface area contributed by atoms with Crippen molar-refractivity contribution in [3.63, 3.8) is 0 Å². The number of aliphatic hydroxyl groups excluding tert-OH is 1. The van der Waals surface area contributed by atoms with Gasteiger partial charge in [-0.1, -0.05) is 30.3 Å². The molecule has 32 heavy (non-hydrogen) atoms. The standard InChI is InChI=1S/C22H20O10/c1-30-13-7-14(31-19(26)9-13)8-15(23)20(27)17-10-18(25)22(29,21(28)32-17)11-16(24)12-5-3-2-4-6-12/h2-7,9,17,20,27,29H,8,10-11H2,1H3/t17?,20-,22-/m0/s1. The van der Waals surface area contributed by atoms with E-state index in [0.717, 1.165) is 6.07 Å². The predicted octanol–water partition coefficient (Wildman–Crippen LogP) is 0.00960. The molecule has 0 aliphatic carbocycles. The van der Waals surface area contributed by atoms with Crippen LogP contribution in [0.3, 0.4) is 0 Å². The van der Waals surface area contributed by atoms with Gasteiger partial charge in [-0.25, -0.2) is 9.59 Å². The number of methoxy groups -OCH3 is 1. The van der Waals surface area contributed by atoms with Crippen LogP contribution in [-0.2, 0) is 25.5 Å². The van der Waals surface area contributed by atoms with Gasteiger partial charge in [0.25, 0.3) is 0 Å². The van der Waals surface area contributed by atoms with E-state index in [0.29, 0.717) is 0 Å². The number of ether oxygens (including phenoxy) is 2. The van der Waals surface area contributed by atoms with Gasteiger partial charge in [0, 0.05) is 11.6 Å².